The van der Waals surface area contributed by atoms with E-state index in [1.54, 1.807) is 12.1 Å². The molecule has 0 spiro atoms. The van der Waals surface area contributed by atoms with Crippen LogP contribution in [0.15, 0.2) is 30.3 Å². The zero-order valence-electron chi connectivity index (χ0n) is 16.9. The van der Waals surface area contributed by atoms with Gasteiger partial charge in [-0.1, -0.05) is 44.2 Å². The first-order valence-corrected chi connectivity index (χ1v) is 9.70. The molecule has 1 fully saturated rings. The largest absolute Gasteiger partial charge is 0.461 e. The predicted molar refractivity (Wildman–Crippen MR) is 103 cm³/mol. The number of hydrogen-bond acceptors (Lipinski definition) is 9. The summed E-state index contributed by atoms with van der Waals surface area (Å²) in [4.78, 5) is 24.6. The first-order valence-electron chi connectivity index (χ1n) is 9.70. The molecule has 0 bridgehead atoms. The minimum absolute atomic E-state index is 0.0380. The lowest BCUT2D eigenvalue weighted by molar-refractivity contribution is -0.287. The summed E-state index contributed by atoms with van der Waals surface area (Å²) in [6, 6.07) is 8.04. The maximum Gasteiger partial charge on any atom is 0.408 e. The summed E-state index contributed by atoms with van der Waals surface area (Å²) in [5, 5.41) is 41.1. The molecule has 6 atom stereocenters. The van der Waals surface area contributed by atoms with E-state index in [9.17, 15) is 30.0 Å². The van der Waals surface area contributed by atoms with Crippen molar-refractivity contribution in [1.29, 1.82) is 0 Å². The fourth-order valence-electron chi connectivity index (χ4n) is 2.93. The summed E-state index contributed by atoms with van der Waals surface area (Å²) < 4.78 is 15.2. The third kappa shape index (κ3) is 6.92. The van der Waals surface area contributed by atoms with Gasteiger partial charge in [-0.15, -0.1) is 0 Å². The molecule has 1 aliphatic heterocycles. The molecule has 0 saturated carbocycles. The molecule has 30 heavy (non-hydrogen) atoms. The van der Waals surface area contributed by atoms with E-state index in [1.807, 2.05) is 32.0 Å². The second-order valence-electron chi connectivity index (χ2n) is 7.56. The normalized spacial score (nSPS) is 27.4. The topological polar surface area (TPSA) is 155 Å². The van der Waals surface area contributed by atoms with Gasteiger partial charge in [0.05, 0.1) is 0 Å². The average molecular weight is 427 g/mol. The molecular formula is C20H29NO9. The first-order chi connectivity index (χ1) is 14.2. The first kappa shape index (κ1) is 24.0. The van der Waals surface area contributed by atoms with Crippen LogP contribution in [0, 0.1) is 5.92 Å². The number of esters is 1. The van der Waals surface area contributed by atoms with Crippen molar-refractivity contribution in [2.75, 3.05) is 6.61 Å². The van der Waals surface area contributed by atoms with Crippen molar-refractivity contribution < 1.29 is 44.2 Å². The van der Waals surface area contributed by atoms with E-state index in [0.717, 1.165) is 5.56 Å². The van der Waals surface area contributed by atoms with Gasteiger partial charge in [-0.2, -0.15) is 0 Å². The van der Waals surface area contributed by atoms with Crippen LogP contribution in [0.1, 0.15) is 25.8 Å². The number of ether oxygens (including phenoxy) is 3. The molecule has 0 radical (unpaired) electrons. The summed E-state index contributed by atoms with van der Waals surface area (Å²) in [7, 11) is 0. The third-order valence-corrected chi connectivity index (χ3v) is 4.57. The van der Waals surface area contributed by atoms with Crippen LogP contribution in [0.25, 0.3) is 0 Å². The molecule has 10 nitrogen and oxygen atoms in total. The summed E-state index contributed by atoms with van der Waals surface area (Å²) >= 11 is 0. The number of aliphatic hydroxyl groups excluding tert-OH is 4. The van der Waals surface area contributed by atoms with E-state index >= 15 is 0 Å². The highest BCUT2D eigenvalue weighted by Crippen LogP contribution is 2.20. The maximum absolute atomic E-state index is 12.5. The van der Waals surface area contributed by atoms with E-state index in [2.05, 4.69) is 5.32 Å². The van der Waals surface area contributed by atoms with Crippen molar-refractivity contribution in [3.05, 3.63) is 35.9 Å². The molecular weight excluding hydrogens is 398 g/mol. The number of rotatable bonds is 8. The van der Waals surface area contributed by atoms with Gasteiger partial charge < -0.3 is 40.0 Å². The smallest absolute Gasteiger partial charge is 0.408 e. The van der Waals surface area contributed by atoms with Gasteiger partial charge in [0.15, 0.2) is 6.29 Å². The van der Waals surface area contributed by atoms with Gasteiger partial charge in [0, 0.05) is 0 Å². The molecule has 1 saturated heterocycles. The lowest BCUT2D eigenvalue weighted by atomic mass is 9.99. The minimum Gasteiger partial charge on any atom is -0.461 e. The Labute approximate surface area is 174 Å². The van der Waals surface area contributed by atoms with Crippen LogP contribution >= 0.6 is 0 Å². The zero-order valence-corrected chi connectivity index (χ0v) is 16.9. The standard InChI is InChI=1S/C20H29NO9/c1-11(2)8-13(21-20(27)29-9-12-6-4-3-5-7-12)18(25)28-10-14-15(22)16(23)17(24)19(26)30-14/h3-7,11,13-17,19,22-24,26H,8-10H2,1-2H3,(H,21,27)/t13-,14?,15-,16?,17?,19-/m1/s1. The Morgan fingerprint density at radius 1 is 1.03 bits per heavy atom. The van der Waals surface area contributed by atoms with Crippen molar-refractivity contribution in [3.63, 3.8) is 0 Å². The van der Waals surface area contributed by atoms with E-state index in [0.29, 0.717) is 0 Å². The lowest BCUT2D eigenvalue weighted by Gasteiger charge is -2.38. The molecule has 1 aromatic rings. The van der Waals surface area contributed by atoms with Crippen LogP contribution in [-0.2, 0) is 25.6 Å². The molecule has 1 aliphatic rings. The molecule has 3 unspecified atom stereocenters. The molecule has 168 valence electrons. The molecule has 2 rings (SSSR count). The Hall–Kier alpha value is -2.24. The number of amides is 1. The van der Waals surface area contributed by atoms with Gasteiger partial charge in [-0.3, -0.25) is 0 Å². The Balaban J connectivity index is 1.88. The summed E-state index contributed by atoms with van der Waals surface area (Å²) in [6.45, 7) is 3.27. The fraction of sp³-hybridized carbons (Fsp3) is 0.600. The Kier molecular flexibility index (Phi) is 9.00. The van der Waals surface area contributed by atoms with E-state index in [1.165, 1.54) is 0 Å². The van der Waals surface area contributed by atoms with Crippen molar-refractivity contribution in [2.45, 2.75) is 63.6 Å². The van der Waals surface area contributed by atoms with E-state index < -0.39 is 55.4 Å². The van der Waals surface area contributed by atoms with Crippen LogP contribution in [0.5, 0.6) is 0 Å². The van der Waals surface area contributed by atoms with Gasteiger partial charge in [0.25, 0.3) is 0 Å². The number of aliphatic hydroxyl groups is 4. The zero-order chi connectivity index (χ0) is 22.3. The van der Waals surface area contributed by atoms with Gasteiger partial charge in [0.1, 0.15) is 43.7 Å². The van der Waals surface area contributed by atoms with Crippen LogP contribution in [0.2, 0.25) is 0 Å². The molecule has 1 amide bonds. The second-order valence-corrected chi connectivity index (χ2v) is 7.56. The van der Waals surface area contributed by atoms with Crippen molar-refractivity contribution in [3.8, 4) is 0 Å². The minimum atomic E-state index is -1.73. The fourth-order valence-corrected chi connectivity index (χ4v) is 2.93. The van der Waals surface area contributed by atoms with Gasteiger partial charge >= 0.3 is 12.1 Å². The maximum atomic E-state index is 12.5. The predicted octanol–water partition coefficient (Wildman–Crippen LogP) is -0.329. The highest BCUT2D eigenvalue weighted by molar-refractivity contribution is 5.81. The monoisotopic (exact) mass is 427 g/mol. The Morgan fingerprint density at radius 2 is 1.70 bits per heavy atom. The van der Waals surface area contributed by atoms with Crippen LogP contribution in [0.3, 0.4) is 0 Å². The van der Waals surface area contributed by atoms with E-state index in [4.69, 9.17) is 14.2 Å². The molecule has 5 N–H and O–H groups in total. The number of benzene rings is 1. The highest BCUT2D eigenvalue weighted by Gasteiger charge is 2.43. The molecule has 0 aliphatic carbocycles. The number of alkyl carbamates (subject to hydrolysis) is 1. The van der Waals surface area contributed by atoms with Crippen LogP contribution in [0.4, 0.5) is 4.79 Å². The van der Waals surface area contributed by atoms with Gasteiger partial charge in [-0.25, -0.2) is 9.59 Å². The van der Waals surface area contributed by atoms with Gasteiger partial charge in [-0.05, 0) is 17.9 Å². The third-order valence-electron chi connectivity index (χ3n) is 4.57. The van der Waals surface area contributed by atoms with Crippen molar-refractivity contribution in [1.82, 2.24) is 5.32 Å². The van der Waals surface area contributed by atoms with E-state index in [-0.39, 0.29) is 18.9 Å². The second kappa shape index (κ2) is 11.2. The van der Waals surface area contributed by atoms with Crippen molar-refractivity contribution >= 4 is 12.1 Å². The summed E-state index contributed by atoms with van der Waals surface area (Å²) in [6.07, 6.45) is -8.39. The van der Waals surface area contributed by atoms with Gasteiger partial charge in [0.2, 0.25) is 0 Å². The number of hydrogen-bond donors (Lipinski definition) is 5. The SMILES string of the molecule is CC(C)C[C@@H](NC(=O)OCc1ccccc1)C(=O)OCC1O[C@@H](O)C(O)C(O)[C@@H]1O. The highest BCUT2D eigenvalue weighted by atomic mass is 16.7. The Bertz CT molecular complexity index is 684. The number of carbonyl (C=O) groups excluding carboxylic acids is 2. The average Bonchev–Trinajstić information content (AvgIpc) is 2.72. The molecule has 0 aromatic heterocycles. The van der Waals surface area contributed by atoms with Crippen LogP contribution in [-0.4, -0.2) is 75.8 Å². The number of nitrogens with one attached hydrogen (secondary N) is 1. The van der Waals surface area contributed by atoms with Crippen LogP contribution < -0.4 is 5.32 Å². The summed E-state index contributed by atoms with van der Waals surface area (Å²) in [5.41, 5.74) is 0.790. The lowest BCUT2D eigenvalue weighted by Crippen LogP contribution is -2.59. The van der Waals surface area contributed by atoms with Crippen molar-refractivity contribution in [2.24, 2.45) is 5.92 Å². The molecule has 10 heteroatoms. The summed E-state index contributed by atoms with van der Waals surface area (Å²) in [5.74, 6) is -0.737. The molecule has 1 heterocycles. The number of carbonyl (C=O) groups is 2. The quantitative estimate of drug-likeness (QED) is 0.351. The molecule has 1 aromatic carbocycles. The Morgan fingerprint density at radius 3 is 2.33 bits per heavy atom.